The lowest BCUT2D eigenvalue weighted by atomic mass is 10.2. The number of hydrogen-bond donors (Lipinski definition) is 0. The van der Waals surface area contributed by atoms with Crippen LogP contribution in [0.5, 0.6) is 0 Å². The smallest absolute Gasteiger partial charge is 0.244 e. The molecular weight excluding hydrogens is 417 g/mol. The molecule has 0 N–H and O–H groups in total. The Balaban J connectivity index is 1.54. The number of nitrogens with zero attached hydrogens (tertiary/aromatic N) is 3. The van der Waals surface area contributed by atoms with Gasteiger partial charge in [0.05, 0.1) is 24.0 Å². The number of ether oxygens (including phenoxy) is 1. The van der Waals surface area contributed by atoms with Crippen molar-refractivity contribution in [2.75, 3.05) is 39.1 Å². The quantitative estimate of drug-likeness (QED) is 0.614. The molecule has 1 aromatic heterocycles. The average Bonchev–Trinajstić information content (AvgIpc) is 2.74. The lowest BCUT2D eigenvalue weighted by Gasteiger charge is -2.25. The molecule has 1 saturated heterocycles. The van der Waals surface area contributed by atoms with Crippen LogP contribution in [0.3, 0.4) is 0 Å². The zero-order valence-corrected chi connectivity index (χ0v) is 17.6. The van der Waals surface area contributed by atoms with E-state index < -0.39 is 10.0 Å². The van der Waals surface area contributed by atoms with Gasteiger partial charge in [0, 0.05) is 32.9 Å². The van der Waals surface area contributed by atoms with Crippen molar-refractivity contribution >= 4 is 27.7 Å². The first-order valence-electron chi connectivity index (χ1n) is 9.01. The van der Waals surface area contributed by atoms with Crippen molar-refractivity contribution in [3.63, 3.8) is 0 Å². The zero-order chi connectivity index (χ0) is 20.9. The van der Waals surface area contributed by atoms with E-state index in [1.54, 1.807) is 30.1 Å². The van der Waals surface area contributed by atoms with Gasteiger partial charge in [0.15, 0.2) is 0 Å². The molecule has 1 aromatic carbocycles. The van der Waals surface area contributed by atoms with Crippen LogP contribution >= 0.6 is 11.8 Å². The minimum Gasteiger partial charge on any atom is -0.379 e. The number of halogens is 1. The standard InChI is InChI=1S/C19H22FN3O4S2/c1-22(13-15-2-4-16(20)5-3-15)19(24)14-28-18-7-6-17(12-21-18)29(25,26)23-8-10-27-11-9-23/h2-7,12H,8-11,13-14H2,1H3. The number of benzene rings is 1. The predicted octanol–water partition coefficient (Wildman–Crippen LogP) is 1.99. The van der Waals surface area contributed by atoms with E-state index in [2.05, 4.69) is 4.98 Å². The molecule has 0 unspecified atom stereocenters. The summed E-state index contributed by atoms with van der Waals surface area (Å²) in [7, 11) is -1.90. The minimum atomic E-state index is -3.58. The second-order valence-electron chi connectivity index (χ2n) is 6.51. The number of aromatic nitrogens is 1. The van der Waals surface area contributed by atoms with Crippen LogP contribution in [0, 0.1) is 5.82 Å². The van der Waals surface area contributed by atoms with Crippen LogP contribution < -0.4 is 0 Å². The van der Waals surface area contributed by atoms with E-state index in [0.717, 1.165) is 5.56 Å². The Morgan fingerprint density at radius 3 is 2.52 bits per heavy atom. The Kier molecular flexibility index (Phi) is 7.23. The number of morpholine rings is 1. The summed E-state index contributed by atoms with van der Waals surface area (Å²) in [4.78, 5) is 18.2. The van der Waals surface area contributed by atoms with Crippen molar-refractivity contribution in [3.8, 4) is 0 Å². The van der Waals surface area contributed by atoms with E-state index in [-0.39, 0.29) is 22.4 Å². The Morgan fingerprint density at radius 1 is 1.21 bits per heavy atom. The third-order valence-electron chi connectivity index (χ3n) is 4.42. The second-order valence-corrected chi connectivity index (χ2v) is 9.45. The molecule has 1 aliphatic rings. The number of carbonyl (C=O) groups excluding carboxylic acids is 1. The summed E-state index contributed by atoms with van der Waals surface area (Å²) in [5.74, 6) is -0.255. The fourth-order valence-corrected chi connectivity index (χ4v) is 4.88. The molecule has 7 nitrogen and oxygen atoms in total. The molecule has 1 amide bonds. The van der Waals surface area contributed by atoms with Crippen LogP contribution in [0.25, 0.3) is 0 Å². The first-order chi connectivity index (χ1) is 13.9. The van der Waals surface area contributed by atoms with Gasteiger partial charge in [-0.2, -0.15) is 4.31 Å². The number of hydrogen-bond acceptors (Lipinski definition) is 6. The fourth-order valence-electron chi connectivity index (χ4n) is 2.74. The van der Waals surface area contributed by atoms with Crippen LogP contribution in [0.1, 0.15) is 5.56 Å². The Hall–Kier alpha value is -2.01. The lowest BCUT2D eigenvalue weighted by molar-refractivity contribution is -0.127. The number of thioether (sulfide) groups is 1. The maximum absolute atomic E-state index is 13.0. The summed E-state index contributed by atoms with van der Waals surface area (Å²) in [6.07, 6.45) is 1.32. The monoisotopic (exact) mass is 439 g/mol. The highest BCUT2D eigenvalue weighted by Crippen LogP contribution is 2.21. The fraction of sp³-hybridized carbons (Fsp3) is 0.368. The normalized spacial score (nSPS) is 15.2. The second kappa shape index (κ2) is 9.66. The van der Waals surface area contributed by atoms with E-state index in [0.29, 0.717) is 37.9 Å². The van der Waals surface area contributed by atoms with Crippen LogP contribution in [-0.2, 0) is 26.1 Å². The molecule has 1 fully saturated rings. The first-order valence-corrected chi connectivity index (χ1v) is 11.4. The Bertz CT molecular complexity index is 931. The van der Waals surface area contributed by atoms with Gasteiger partial charge in [0.1, 0.15) is 10.7 Å². The molecule has 0 aliphatic carbocycles. The molecule has 2 aromatic rings. The van der Waals surface area contributed by atoms with Gasteiger partial charge in [0.2, 0.25) is 15.9 Å². The van der Waals surface area contributed by atoms with Crippen LogP contribution in [0.15, 0.2) is 52.5 Å². The molecular formula is C19H22FN3O4S2. The molecule has 0 saturated carbocycles. The molecule has 0 atom stereocenters. The summed E-state index contributed by atoms with van der Waals surface area (Å²) in [6, 6.07) is 9.11. The van der Waals surface area contributed by atoms with Crippen molar-refractivity contribution in [2.24, 2.45) is 0 Å². The summed E-state index contributed by atoms with van der Waals surface area (Å²) in [6.45, 7) is 1.80. The van der Waals surface area contributed by atoms with E-state index in [1.807, 2.05) is 0 Å². The average molecular weight is 440 g/mol. The van der Waals surface area contributed by atoms with E-state index in [4.69, 9.17) is 4.74 Å². The minimum absolute atomic E-state index is 0.105. The van der Waals surface area contributed by atoms with Gasteiger partial charge in [-0.3, -0.25) is 4.79 Å². The Labute approximate surface area is 173 Å². The zero-order valence-electron chi connectivity index (χ0n) is 16.0. The van der Waals surface area contributed by atoms with Gasteiger partial charge in [-0.05, 0) is 29.8 Å². The summed E-state index contributed by atoms with van der Waals surface area (Å²) < 4.78 is 44.7. The van der Waals surface area contributed by atoms with E-state index >= 15 is 0 Å². The van der Waals surface area contributed by atoms with Gasteiger partial charge in [-0.1, -0.05) is 23.9 Å². The van der Waals surface area contributed by atoms with Gasteiger partial charge in [-0.15, -0.1) is 0 Å². The van der Waals surface area contributed by atoms with Crippen molar-refractivity contribution in [1.82, 2.24) is 14.2 Å². The maximum atomic E-state index is 13.0. The topological polar surface area (TPSA) is 79.8 Å². The number of carbonyl (C=O) groups is 1. The Morgan fingerprint density at radius 2 is 1.90 bits per heavy atom. The number of rotatable bonds is 7. The first kappa shape index (κ1) is 21.7. The molecule has 0 bridgehead atoms. The van der Waals surface area contributed by atoms with E-state index in [1.165, 1.54) is 40.5 Å². The van der Waals surface area contributed by atoms with Crippen molar-refractivity contribution < 1.29 is 22.3 Å². The molecule has 1 aliphatic heterocycles. The van der Waals surface area contributed by atoms with Crippen molar-refractivity contribution in [1.29, 1.82) is 0 Å². The molecule has 3 rings (SSSR count). The molecule has 0 radical (unpaired) electrons. The lowest BCUT2D eigenvalue weighted by Crippen LogP contribution is -2.40. The molecule has 2 heterocycles. The number of amides is 1. The van der Waals surface area contributed by atoms with Crippen LogP contribution in [-0.4, -0.2) is 67.6 Å². The highest BCUT2D eigenvalue weighted by atomic mass is 32.2. The third kappa shape index (κ3) is 5.75. The summed E-state index contributed by atoms with van der Waals surface area (Å²) >= 11 is 1.23. The number of pyridine rings is 1. The summed E-state index contributed by atoms with van der Waals surface area (Å²) in [5.41, 5.74) is 0.836. The van der Waals surface area contributed by atoms with Gasteiger partial charge >= 0.3 is 0 Å². The molecule has 0 spiro atoms. The predicted molar refractivity (Wildman–Crippen MR) is 107 cm³/mol. The molecule has 29 heavy (non-hydrogen) atoms. The highest BCUT2D eigenvalue weighted by molar-refractivity contribution is 7.99. The van der Waals surface area contributed by atoms with Crippen LogP contribution in [0.4, 0.5) is 4.39 Å². The maximum Gasteiger partial charge on any atom is 0.244 e. The van der Waals surface area contributed by atoms with Crippen molar-refractivity contribution in [2.45, 2.75) is 16.5 Å². The number of sulfonamides is 1. The van der Waals surface area contributed by atoms with Crippen LogP contribution in [0.2, 0.25) is 0 Å². The largest absolute Gasteiger partial charge is 0.379 e. The highest BCUT2D eigenvalue weighted by Gasteiger charge is 2.26. The SMILES string of the molecule is CN(Cc1ccc(F)cc1)C(=O)CSc1ccc(S(=O)(=O)N2CCOCC2)cn1. The molecule has 156 valence electrons. The third-order valence-corrected chi connectivity index (χ3v) is 7.23. The van der Waals surface area contributed by atoms with Gasteiger partial charge in [-0.25, -0.2) is 17.8 Å². The van der Waals surface area contributed by atoms with Gasteiger partial charge in [0.25, 0.3) is 0 Å². The van der Waals surface area contributed by atoms with E-state index in [9.17, 15) is 17.6 Å². The summed E-state index contributed by atoms with van der Waals surface area (Å²) in [5, 5.41) is 0.564. The van der Waals surface area contributed by atoms with Crippen molar-refractivity contribution in [3.05, 3.63) is 54.0 Å². The molecule has 10 heteroatoms. The van der Waals surface area contributed by atoms with Gasteiger partial charge < -0.3 is 9.64 Å².